The number of carbonyl (C=O) groups is 3. The van der Waals surface area contributed by atoms with E-state index in [4.69, 9.17) is 4.74 Å². The molecular formula is C38H46N2O5. The normalized spacial score (nSPS) is 12.7. The number of hydrogen-bond donors (Lipinski definition) is 2. The third-order valence-corrected chi connectivity index (χ3v) is 7.71. The van der Waals surface area contributed by atoms with Crippen molar-refractivity contribution in [2.24, 2.45) is 11.8 Å². The van der Waals surface area contributed by atoms with Crippen LogP contribution in [0.25, 0.3) is 0 Å². The van der Waals surface area contributed by atoms with E-state index < -0.39 is 12.0 Å². The molecule has 7 nitrogen and oxygen atoms in total. The number of carbonyl (C=O) groups excluding carboxylic acids is 3. The number of esters is 1. The minimum absolute atomic E-state index is 0.0409. The molecule has 0 unspecified atom stereocenters. The van der Waals surface area contributed by atoms with Crippen LogP contribution in [0, 0.1) is 11.8 Å². The summed E-state index contributed by atoms with van der Waals surface area (Å²) in [7, 11) is 0. The van der Waals surface area contributed by atoms with Crippen molar-refractivity contribution in [3.8, 4) is 0 Å². The smallest absolute Gasteiger partial charge is 0.309 e. The van der Waals surface area contributed by atoms with E-state index in [1.807, 2.05) is 97.1 Å². The molecule has 0 aliphatic carbocycles. The van der Waals surface area contributed by atoms with E-state index in [2.05, 4.69) is 18.5 Å². The Morgan fingerprint density at radius 2 is 1.47 bits per heavy atom. The second kappa shape index (κ2) is 19.7. The van der Waals surface area contributed by atoms with Crippen LogP contribution in [0.4, 0.5) is 0 Å². The topological polar surface area (TPSA) is 95.9 Å². The minimum Gasteiger partial charge on any atom is -0.463 e. The molecule has 7 heteroatoms. The quantitative estimate of drug-likeness (QED) is 0.0902. The number of benzene rings is 3. The number of nitrogens with zero attached hydrogens (tertiary/aromatic N) is 1. The lowest BCUT2D eigenvalue weighted by atomic mass is 9.94. The van der Waals surface area contributed by atoms with Crippen molar-refractivity contribution >= 4 is 17.8 Å². The van der Waals surface area contributed by atoms with Gasteiger partial charge in [0.2, 0.25) is 11.8 Å². The molecule has 238 valence electrons. The molecule has 45 heavy (non-hydrogen) atoms. The summed E-state index contributed by atoms with van der Waals surface area (Å²) in [6.45, 7) is 7.87. The molecule has 0 spiro atoms. The number of rotatable bonds is 20. The Hall–Kier alpha value is -4.49. The molecule has 0 aliphatic heterocycles. The van der Waals surface area contributed by atoms with Gasteiger partial charge in [-0.3, -0.25) is 14.4 Å². The number of amides is 2. The predicted octanol–water partition coefficient (Wildman–Crippen LogP) is 6.21. The first-order chi connectivity index (χ1) is 21.9. The average Bonchev–Trinajstić information content (AvgIpc) is 3.07. The predicted molar refractivity (Wildman–Crippen MR) is 178 cm³/mol. The standard InChI is InChI=1S/C38H46N2O5/c1-3-5-9-23-34(26-30-17-10-6-11-18-30)38(44)45-29-35(32-21-14-8-15-22-32)39-37(43)33(16-4-2)27-36(42)40(24-25-41)28-31-19-12-7-13-20-31/h3-4,6-8,10-15,17-22,33-35,41H,1-2,5,9,16,23-29H2,(H,39,43)/t33-,34+,35+/m0/s1. The number of aliphatic hydroxyl groups is 1. The highest BCUT2D eigenvalue weighted by Gasteiger charge is 2.28. The van der Waals surface area contributed by atoms with Crippen molar-refractivity contribution in [2.45, 2.75) is 51.1 Å². The molecule has 3 aromatic carbocycles. The number of unbranched alkanes of at least 4 members (excludes halogenated alkanes) is 1. The molecule has 0 aliphatic rings. The Balaban J connectivity index is 1.71. The van der Waals surface area contributed by atoms with Gasteiger partial charge in [0, 0.05) is 19.5 Å². The van der Waals surface area contributed by atoms with Crippen LogP contribution in [0.15, 0.2) is 116 Å². The van der Waals surface area contributed by atoms with E-state index in [-0.39, 0.29) is 49.9 Å². The zero-order chi connectivity index (χ0) is 32.3. The Labute approximate surface area is 267 Å². The summed E-state index contributed by atoms with van der Waals surface area (Å²) in [5.74, 6) is -1.88. The first kappa shape index (κ1) is 35.0. The van der Waals surface area contributed by atoms with Gasteiger partial charge < -0.3 is 20.1 Å². The maximum atomic E-state index is 13.7. The van der Waals surface area contributed by atoms with E-state index in [0.717, 1.165) is 29.5 Å². The molecule has 3 rings (SSSR count). The lowest BCUT2D eigenvalue weighted by Crippen LogP contribution is -2.40. The highest BCUT2D eigenvalue weighted by Crippen LogP contribution is 2.21. The van der Waals surface area contributed by atoms with E-state index in [1.165, 1.54) is 0 Å². The minimum atomic E-state index is -0.682. The zero-order valence-corrected chi connectivity index (χ0v) is 26.1. The summed E-state index contributed by atoms with van der Waals surface area (Å²) in [5.41, 5.74) is 2.79. The van der Waals surface area contributed by atoms with E-state index >= 15 is 0 Å². The molecule has 0 saturated carbocycles. The number of ether oxygens (including phenoxy) is 1. The summed E-state index contributed by atoms with van der Waals surface area (Å²) in [6.07, 6.45) is 6.58. The van der Waals surface area contributed by atoms with Gasteiger partial charge in [0.25, 0.3) is 0 Å². The number of hydrogen-bond acceptors (Lipinski definition) is 5. The largest absolute Gasteiger partial charge is 0.463 e. The fourth-order valence-electron chi connectivity index (χ4n) is 5.23. The summed E-state index contributed by atoms with van der Waals surface area (Å²) in [4.78, 5) is 42.0. The van der Waals surface area contributed by atoms with E-state index in [1.54, 1.807) is 11.0 Å². The van der Waals surface area contributed by atoms with Gasteiger partial charge in [-0.25, -0.2) is 0 Å². The third-order valence-electron chi connectivity index (χ3n) is 7.71. The first-order valence-electron chi connectivity index (χ1n) is 15.6. The van der Waals surface area contributed by atoms with Crippen molar-refractivity contribution in [2.75, 3.05) is 19.8 Å². The molecule has 0 radical (unpaired) electrons. The average molecular weight is 611 g/mol. The highest BCUT2D eigenvalue weighted by atomic mass is 16.5. The van der Waals surface area contributed by atoms with Crippen molar-refractivity contribution in [1.29, 1.82) is 0 Å². The van der Waals surface area contributed by atoms with E-state index in [9.17, 15) is 19.5 Å². The van der Waals surface area contributed by atoms with Gasteiger partial charge in [0.05, 0.1) is 24.5 Å². The SMILES string of the molecule is C=CCCC[C@H](Cc1ccccc1)C(=O)OC[C@@H](NC(=O)[C@@H](CC=C)CC(=O)N(CCO)Cc1ccccc1)c1ccccc1. The van der Waals surface area contributed by atoms with Gasteiger partial charge in [-0.05, 0) is 48.8 Å². The molecule has 3 atom stereocenters. The summed E-state index contributed by atoms with van der Waals surface area (Å²) < 4.78 is 5.88. The Bertz CT molecular complexity index is 1330. The van der Waals surface area contributed by atoms with Gasteiger partial charge >= 0.3 is 5.97 Å². The van der Waals surface area contributed by atoms with Crippen molar-refractivity contribution in [1.82, 2.24) is 10.2 Å². The van der Waals surface area contributed by atoms with Crippen LogP contribution in [-0.4, -0.2) is 47.5 Å². The van der Waals surface area contributed by atoms with Crippen LogP contribution in [0.2, 0.25) is 0 Å². The first-order valence-corrected chi connectivity index (χ1v) is 15.6. The molecule has 0 saturated heterocycles. The molecule has 2 amide bonds. The number of nitrogens with one attached hydrogen (secondary N) is 1. The van der Waals surface area contributed by atoms with Crippen LogP contribution >= 0.6 is 0 Å². The van der Waals surface area contributed by atoms with Crippen molar-refractivity contribution in [3.05, 3.63) is 133 Å². The second-order valence-corrected chi connectivity index (χ2v) is 11.2. The lowest BCUT2D eigenvalue weighted by molar-refractivity contribution is -0.150. The van der Waals surface area contributed by atoms with Crippen molar-refractivity contribution in [3.63, 3.8) is 0 Å². The Morgan fingerprint density at radius 3 is 2.07 bits per heavy atom. The van der Waals surface area contributed by atoms with Gasteiger partial charge in [0.1, 0.15) is 6.61 Å². The van der Waals surface area contributed by atoms with Gasteiger partial charge in [-0.1, -0.05) is 103 Å². The third kappa shape index (κ3) is 12.2. The fourth-order valence-corrected chi connectivity index (χ4v) is 5.23. The summed E-state index contributed by atoms with van der Waals surface area (Å²) in [6, 6.07) is 28.2. The monoisotopic (exact) mass is 610 g/mol. The molecule has 0 aromatic heterocycles. The van der Waals surface area contributed by atoms with Crippen molar-refractivity contribution < 1.29 is 24.2 Å². The molecule has 2 N–H and O–H groups in total. The molecule has 0 bridgehead atoms. The fraction of sp³-hybridized carbons (Fsp3) is 0.342. The van der Waals surface area contributed by atoms with Gasteiger partial charge in [0.15, 0.2) is 0 Å². The van der Waals surface area contributed by atoms with Crippen LogP contribution in [0.1, 0.15) is 54.8 Å². The summed E-state index contributed by atoms with van der Waals surface area (Å²) >= 11 is 0. The van der Waals surface area contributed by atoms with Crippen LogP contribution in [-0.2, 0) is 32.1 Å². The van der Waals surface area contributed by atoms with Crippen LogP contribution in [0.3, 0.4) is 0 Å². The van der Waals surface area contributed by atoms with E-state index in [0.29, 0.717) is 25.8 Å². The lowest BCUT2D eigenvalue weighted by Gasteiger charge is -2.26. The molecule has 0 fully saturated rings. The molecule has 3 aromatic rings. The van der Waals surface area contributed by atoms with Gasteiger partial charge in [-0.15, -0.1) is 13.2 Å². The van der Waals surface area contributed by atoms with Crippen LogP contribution in [0.5, 0.6) is 0 Å². The second-order valence-electron chi connectivity index (χ2n) is 11.2. The maximum Gasteiger partial charge on any atom is 0.309 e. The Morgan fingerprint density at radius 1 is 0.844 bits per heavy atom. The maximum absolute atomic E-state index is 13.7. The molecular weight excluding hydrogens is 564 g/mol. The number of aliphatic hydroxyl groups excluding tert-OH is 1. The zero-order valence-electron chi connectivity index (χ0n) is 26.1. The molecule has 0 heterocycles. The highest BCUT2D eigenvalue weighted by molar-refractivity contribution is 5.86. The number of allylic oxidation sites excluding steroid dienone is 2. The van der Waals surface area contributed by atoms with Crippen LogP contribution < -0.4 is 5.32 Å². The van der Waals surface area contributed by atoms with Gasteiger partial charge in [-0.2, -0.15) is 0 Å². The summed E-state index contributed by atoms with van der Waals surface area (Å²) in [5, 5.41) is 12.6. The Kier molecular flexibility index (Phi) is 15.3.